The maximum Gasteiger partial charge on any atom is 0.301 e. The SMILES string of the molecule is Cc1ccccc1S(OS(=O)(=O)C1(Cl)C=CC(Cl)=C(Cl)C1)(c1ccccc1)c1ccccc1. The van der Waals surface area contributed by atoms with Crippen LogP contribution in [0.2, 0.25) is 0 Å². The number of allylic oxidation sites excluding steroid dienone is 3. The topological polar surface area (TPSA) is 43.4 Å². The molecule has 0 radical (unpaired) electrons. The van der Waals surface area contributed by atoms with Crippen LogP contribution in [0.25, 0.3) is 0 Å². The standard InChI is InChI=1S/C25H21Cl3O3S2/c1-19-10-8-9-15-24(19)32(20-11-4-2-5-12-20,21-13-6-3-7-14-21)31-33(29,30)25(28)17-16-22(26)23(27)18-25/h2-17H,18H2,1H3. The molecular formula is C25H21Cl3O3S2. The third kappa shape index (κ3) is 4.51. The number of hydrogen-bond donors (Lipinski definition) is 0. The zero-order valence-corrected chi connectivity index (χ0v) is 21.5. The number of rotatable bonds is 6. The van der Waals surface area contributed by atoms with Gasteiger partial charge in [0.15, 0.2) is 4.21 Å². The van der Waals surface area contributed by atoms with Crippen LogP contribution in [0.5, 0.6) is 0 Å². The third-order valence-corrected chi connectivity index (χ3v) is 12.5. The van der Waals surface area contributed by atoms with Crippen LogP contribution in [0, 0.1) is 6.92 Å². The van der Waals surface area contributed by atoms with Gasteiger partial charge >= 0.3 is 10.1 Å². The Bertz CT molecular complexity index is 1280. The van der Waals surface area contributed by atoms with Gasteiger partial charge in [0.1, 0.15) is 0 Å². The lowest BCUT2D eigenvalue weighted by molar-refractivity contribution is 0.492. The number of hydrogen-bond acceptors (Lipinski definition) is 3. The Morgan fingerprint density at radius 1 is 0.818 bits per heavy atom. The van der Waals surface area contributed by atoms with E-state index in [1.54, 1.807) is 0 Å². The van der Waals surface area contributed by atoms with E-state index in [0.717, 1.165) is 20.2 Å². The van der Waals surface area contributed by atoms with Crippen molar-refractivity contribution in [1.82, 2.24) is 0 Å². The second-order valence-corrected chi connectivity index (χ2v) is 14.0. The molecule has 3 nitrogen and oxygen atoms in total. The van der Waals surface area contributed by atoms with Crippen LogP contribution in [-0.2, 0) is 13.7 Å². The predicted octanol–water partition coefficient (Wildman–Crippen LogP) is 8.12. The van der Waals surface area contributed by atoms with Crippen molar-refractivity contribution in [3.05, 3.63) is 113 Å². The van der Waals surface area contributed by atoms with Gasteiger partial charge in [0.05, 0.1) is 5.03 Å². The Morgan fingerprint density at radius 2 is 1.33 bits per heavy atom. The molecule has 8 heteroatoms. The average molecular weight is 540 g/mol. The fraction of sp³-hybridized carbons (Fsp3) is 0.120. The van der Waals surface area contributed by atoms with Gasteiger partial charge in [-0.2, -0.15) is 8.42 Å². The molecule has 33 heavy (non-hydrogen) atoms. The summed E-state index contributed by atoms with van der Waals surface area (Å²) in [7, 11) is -7.16. The molecule has 1 atom stereocenters. The summed E-state index contributed by atoms with van der Waals surface area (Å²) in [6.45, 7) is 1.94. The van der Waals surface area contributed by atoms with E-state index < -0.39 is 24.6 Å². The first kappa shape index (κ1) is 24.4. The van der Waals surface area contributed by atoms with E-state index in [0.29, 0.717) is 0 Å². The summed E-state index contributed by atoms with van der Waals surface area (Å²) >= 11 is 18.9. The summed E-state index contributed by atoms with van der Waals surface area (Å²) in [5, 5.41) is 0.420. The third-order valence-electron chi connectivity index (χ3n) is 5.29. The van der Waals surface area contributed by atoms with Crippen molar-refractivity contribution in [3.63, 3.8) is 0 Å². The molecule has 0 aliphatic heterocycles. The number of aryl methyl sites for hydroxylation is 1. The normalized spacial score (nSPS) is 19.5. The highest BCUT2D eigenvalue weighted by Crippen LogP contribution is 2.71. The quantitative estimate of drug-likeness (QED) is 0.297. The number of benzene rings is 3. The van der Waals surface area contributed by atoms with Crippen LogP contribution in [0.3, 0.4) is 0 Å². The van der Waals surface area contributed by atoms with Gasteiger partial charge in [0.25, 0.3) is 0 Å². The molecule has 3 aromatic carbocycles. The summed E-state index contributed by atoms with van der Waals surface area (Å²) in [5.74, 6) is 0. The second-order valence-electron chi connectivity index (χ2n) is 7.52. The van der Waals surface area contributed by atoms with Crippen LogP contribution < -0.4 is 0 Å². The molecule has 0 N–H and O–H groups in total. The van der Waals surface area contributed by atoms with Gasteiger partial charge in [0, 0.05) is 26.1 Å². The first-order valence-corrected chi connectivity index (χ1v) is 14.2. The molecule has 0 fully saturated rings. The minimum absolute atomic E-state index is 0.164. The smallest absolute Gasteiger partial charge is 0.205 e. The van der Waals surface area contributed by atoms with Gasteiger partial charge in [-0.05, 0) is 65.3 Å². The second kappa shape index (κ2) is 9.49. The molecule has 0 saturated carbocycles. The van der Waals surface area contributed by atoms with Gasteiger partial charge in [-0.3, -0.25) is 0 Å². The van der Waals surface area contributed by atoms with Crippen molar-refractivity contribution in [3.8, 4) is 0 Å². The van der Waals surface area contributed by atoms with Crippen LogP contribution >= 0.6 is 45.1 Å². The van der Waals surface area contributed by atoms with E-state index in [2.05, 4.69) is 0 Å². The summed E-state index contributed by atoms with van der Waals surface area (Å²) in [6, 6.07) is 26.4. The number of halogens is 3. The van der Waals surface area contributed by atoms with E-state index in [1.807, 2.05) is 91.9 Å². The molecule has 0 amide bonds. The predicted molar refractivity (Wildman–Crippen MR) is 138 cm³/mol. The molecule has 1 aliphatic rings. The van der Waals surface area contributed by atoms with E-state index >= 15 is 0 Å². The van der Waals surface area contributed by atoms with E-state index in [-0.39, 0.29) is 16.5 Å². The molecule has 3 aromatic rings. The van der Waals surface area contributed by atoms with Crippen molar-refractivity contribution in [1.29, 1.82) is 0 Å². The maximum atomic E-state index is 13.9. The Hall–Kier alpha value is -1.73. The van der Waals surface area contributed by atoms with Gasteiger partial charge in [-0.1, -0.05) is 89.4 Å². The molecule has 0 bridgehead atoms. The fourth-order valence-corrected chi connectivity index (χ4v) is 10.3. The monoisotopic (exact) mass is 538 g/mol. The lowest BCUT2D eigenvalue weighted by atomic mass is 10.2. The Labute approximate surface area is 211 Å². The Balaban J connectivity index is 2.00. The highest BCUT2D eigenvalue weighted by atomic mass is 35.5. The molecule has 1 aliphatic carbocycles. The lowest BCUT2D eigenvalue weighted by Crippen LogP contribution is -2.34. The molecule has 0 heterocycles. The molecule has 4 rings (SSSR count). The summed E-state index contributed by atoms with van der Waals surface area (Å²) in [5.41, 5.74) is 0.902. The summed E-state index contributed by atoms with van der Waals surface area (Å²) < 4.78 is 32.2. The molecule has 1 unspecified atom stereocenters. The minimum Gasteiger partial charge on any atom is -0.205 e. The van der Waals surface area contributed by atoms with E-state index in [4.69, 9.17) is 38.4 Å². The van der Waals surface area contributed by atoms with Gasteiger partial charge in [-0.25, -0.2) is 3.63 Å². The molecule has 0 saturated heterocycles. The van der Waals surface area contributed by atoms with E-state index in [9.17, 15) is 8.42 Å². The fourth-order valence-electron chi connectivity index (χ4n) is 3.61. The van der Waals surface area contributed by atoms with Gasteiger partial charge in [0.2, 0.25) is 0 Å². The summed E-state index contributed by atoms with van der Waals surface area (Å²) in [4.78, 5) is 2.23. The average Bonchev–Trinajstić information content (AvgIpc) is 2.82. The van der Waals surface area contributed by atoms with Crippen molar-refractivity contribution in [2.24, 2.45) is 0 Å². The van der Waals surface area contributed by atoms with Crippen molar-refractivity contribution >= 4 is 55.2 Å². The Kier molecular flexibility index (Phi) is 7.02. The molecule has 0 aromatic heterocycles. The highest BCUT2D eigenvalue weighted by molar-refractivity contribution is 8.33. The minimum atomic E-state index is -4.42. The number of alkyl halides is 1. The molecular weight excluding hydrogens is 519 g/mol. The van der Waals surface area contributed by atoms with Crippen LogP contribution in [0.1, 0.15) is 12.0 Å². The zero-order chi connectivity index (χ0) is 23.7. The van der Waals surface area contributed by atoms with Crippen molar-refractivity contribution in [2.75, 3.05) is 0 Å². The zero-order valence-electron chi connectivity index (χ0n) is 17.6. The molecule has 0 spiro atoms. The van der Waals surface area contributed by atoms with Crippen molar-refractivity contribution in [2.45, 2.75) is 32.2 Å². The maximum absolute atomic E-state index is 13.9. The Morgan fingerprint density at radius 3 is 1.85 bits per heavy atom. The van der Waals surface area contributed by atoms with Crippen LogP contribution in [-0.4, -0.2) is 12.6 Å². The lowest BCUT2D eigenvalue weighted by Gasteiger charge is -2.42. The van der Waals surface area contributed by atoms with E-state index in [1.165, 1.54) is 12.2 Å². The first-order chi connectivity index (χ1) is 15.7. The first-order valence-electron chi connectivity index (χ1n) is 10.1. The molecule has 172 valence electrons. The van der Waals surface area contributed by atoms with Gasteiger partial charge < -0.3 is 0 Å². The largest absolute Gasteiger partial charge is 0.301 e. The van der Waals surface area contributed by atoms with Crippen LogP contribution in [0.4, 0.5) is 0 Å². The summed E-state index contributed by atoms with van der Waals surface area (Å²) in [6.07, 6.45) is 2.54. The van der Waals surface area contributed by atoms with Crippen molar-refractivity contribution < 1.29 is 12.0 Å². The highest BCUT2D eigenvalue weighted by Gasteiger charge is 2.49. The van der Waals surface area contributed by atoms with Crippen LogP contribution in [0.15, 0.2) is 122 Å². The van der Waals surface area contributed by atoms with Gasteiger partial charge in [-0.15, -0.1) is 0 Å².